The van der Waals surface area contributed by atoms with Crippen molar-refractivity contribution in [2.24, 2.45) is 11.8 Å². The lowest BCUT2D eigenvalue weighted by molar-refractivity contribution is -0.125. The highest BCUT2D eigenvalue weighted by molar-refractivity contribution is 5.99. The lowest BCUT2D eigenvalue weighted by Crippen LogP contribution is -2.54. The quantitative estimate of drug-likeness (QED) is 0.233. The molecule has 0 unspecified atom stereocenters. The van der Waals surface area contributed by atoms with Crippen molar-refractivity contribution in [1.29, 1.82) is 0 Å². The maximum atomic E-state index is 15.3. The maximum absolute atomic E-state index is 15.3. The second-order valence-electron chi connectivity index (χ2n) is 12.5. The number of amides is 2. The van der Waals surface area contributed by atoms with Gasteiger partial charge in [0.2, 0.25) is 5.91 Å². The van der Waals surface area contributed by atoms with Crippen LogP contribution in [0.25, 0.3) is 10.9 Å². The number of carbonyl (C=O) groups excluding carboxylic acids is 2. The third-order valence-corrected chi connectivity index (χ3v) is 9.77. The fourth-order valence-corrected chi connectivity index (χ4v) is 7.58. The number of rotatable bonds is 6. The summed E-state index contributed by atoms with van der Waals surface area (Å²) in [4.78, 5) is 30.5. The molecule has 2 saturated heterocycles. The molecule has 4 atom stereocenters. The lowest BCUT2D eigenvalue weighted by Gasteiger charge is -2.48. The predicted molar refractivity (Wildman–Crippen MR) is 168 cm³/mol. The van der Waals surface area contributed by atoms with E-state index in [0.29, 0.717) is 23.7 Å². The monoisotopic (exact) mass is 595 g/mol. The van der Waals surface area contributed by atoms with Crippen LogP contribution in [0.2, 0.25) is 0 Å². The van der Waals surface area contributed by atoms with Crippen LogP contribution in [0.1, 0.15) is 66.1 Å². The minimum absolute atomic E-state index is 0.0575. The maximum Gasteiger partial charge on any atom is 0.257 e. The SMILES string of the molecule is Cc1cccc(F)c1C(=O)N1[C@@H]2CCC[C@@H]2C[C@H](C(=O)Nc2ccc3[nH]ncc3c2)[C@@H]1c1ccc(NC2CCOCC2)cc1. The number of likely N-dealkylation sites (tertiary alicyclic amines) is 1. The number of hydrogen-bond donors (Lipinski definition) is 3. The van der Waals surface area contributed by atoms with Crippen LogP contribution < -0.4 is 10.6 Å². The predicted octanol–water partition coefficient (Wildman–Crippen LogP) is 6.61. The van der Waals surface area contributed by atoms with Crippen molar-refractivity contribution in [1.82, 2.24) is 15.1 Å². The van der Waals surface area contributed by atoms with E-state index >= 15 is 4.39 Å². The van der Waals surface area contributed by atoms with Gasteiger partial charge in [-0.25, -0.2) is 4.39 Å². The van der Waals surface area contributed by atoms with Crippen LogP contribution in [0.15, 0.2) is 66.9 Å². The van der Waals surface area contributed by atoms with E-state index < -0.39 is 17.8 Å². The Balaban J connectivity index is 1.26. The van der Waals surface area contributed by atoms with Gasteiger partial charge in [0.25, 0.3) is 5.91 Å². The van der Waals surface area contributed by atoms with Crippen molar-refractivity contribution in [3.63, 3.8) is 0 Å². The second kappa shape index (κ2) is 12.0. The molecule has 0 radical (unpaired) electrons. The van der Waals surface area contributed by atoms with Gasteiger partial charge in [0.15, 0.2) is 0 Å². The number of ether oxygens (including phenoxy) is 1. The zero-order valence-electron chi connectivity index (χ0n) is 24.9. The van der Waals surface area contributed by atoms with Crippen LogP contribution in [0, 0.1) is 24.6 Å². The summed E-state index contributed by atoms with van der Waals surface area (Å²) in [6.07, 6.45) is 7.05. The Morgan fingerprint density at radius 3 is 2.59 bits per heavy atom. The average molecular weight is 596 g/mol. The summed E-state index contributed by atoms with van der Waals surface area (Å²) in [5.41, 5.74) is 4.12. The van der Waals surface area contributed by atoms with Gasteiger partial charge >= 0.3 is 0 Å². The molecule has 0 spiro atoms. The van der Waals surface area contributed by atoms with Crippen LogP contribution >= 0.6 is 0 Å². The van der Waals surface area contributed by atoms with E-state index in [1.165, 1.54) is 6.07 Å². The number of piperidine rings is 1. The molecule has 4 aromatic rings. The Morgan fingerprint density at radius 1 is 1.00 bits per heavy atom. The number of aryl methyl sites for hydroxylation is 1. The molecule has 228 valence electrons. The van der Waals surface area contributed by atoms with Crippen LogP contribution in [0.4, 0.5) is 15.8 Å². The largest absolute Gasteiger partial charge is 0.382 e. The molecule has 0 bridgehead atoms. The number of fused-ring (bicyclic) bond motifs is 2. The molecule has 3 aliphatic rings. The van der Waals surface area contributed by atoms with E-state index in [-0.39, 0.29) is 29.3 Å². The molecule has 1 saturated carbocycles. The number of nitrogens with one attached hydrogen (secondary N) is 3. The average Bonchev–Trinajstić information content (AvgIpc) is 3.70. The summed E-state index contributed by atoms with van der Waals surface area (Å²) >= 11 is 0. The zero-order valence-corrected chi connectivity index (χ0v) is 24.9. The molecular formula is C35H38FN5O3. The molecule has 3 fully saturated rings. The Kier molecular flexibility index (Phi) is 7.80. The summed E-state index contributed by atoms with van der Waals surface area (Å²) in [5, 5.41) is 14.7. The van der Waals surface area contributed by atoms with Gasteiger partial charge in [-0.2, -0.15) is 5.10 Å². The number of hydrogen-bond acceptors (Lipinski definition) is 5. The summed E-state index contributed by atoms with van der Waals surface area (Å²) in [5.74, 6) is -1.36. The first-order valence-corrected chi connectivity index (χ1v) is 15.7. The minimum atomic E-state index is -0.546. The third kappa shape index (κ3) is 5.45. The van der Waals surface area contributed by atoms with E-state index in [1.54, 1.807) is 25.3 Å². The van der Waals surface area contributed by atoms with Gasteiger partial charge in [-0.3, -0.25) is 14.7 Å². The number of benzene rings is 3. The Labute approximate surface area is 256 Å². The standard InChI is InChI=1S/C35H38FN5O3/c1-21-4-2-6-29(36)32(21)35(43)41-31-7-3-5-23(31)19-28(34(42)39-27-12-13-30-24(18-27)20-37-40-30)33(41)22-8-10-25(11-9-22)38-26-14-16-44-17-15-26/h2,4,6,8-13,18,20,23,26,28,31,33,38H,3,5,7,14-17,19H2,1H3,(H,37,40)(H,39,42)/t23-,28+,31-,33+/m1/s1. The molecule has 8 nitrogen and oxygen atoms in total. The molecule has 3 aromatic carbocycles. The van der Waals surface area contributed by atoms with Crippen molar-refractivity contribution in [2.45, 2.75) is 63.6 Å². The first kappa shape index (κ1) is 28.5. The highest BCUT2D eigenvalue weighted by Crippen LogP contribution is 2.49. The molecule has 1 aromatic heterocycles. The van der Waals surface area contributed by atoms with Crippen molar-refractivity contribution in [2.75, 3.05) is 23.8 Å². The number of aromatic nitrogens is 2. The Hall–Kier alpha value is -4.24. The summed E-state index contributed by atoms with van der Waals surface area (Å²) in [6.45, 7) is 3.27. The number of nitrogens with zero attached hydrogens (tertiary/aromatic N) is 2. The van der Waals surface area contributed by atoms with Crippen LogP contribution in [-0.4, -0.2) is 52.2 Å². The van der Waals surface area contributed by atoms with Crippen molar-refractivity contribution in [3.05, 3.63) is 89.4 Å². The zero-order chi connectivity index (χ0) is 30.2. The second-order valence-corrected chi connectivity index (χ2v) is 12.5. The molecule has 1 aliphatic carbocycles. The highest BCUT2D eigenvalue weighted by Gasteiger charge is 2.50. The lowest BCUT2D eigenvalue weighted by atomic mass is 9.76. The fourth-order valence-electron chi connectivity index (χ4n) is 7.58. The van der Waals surface area contributed by atoms with Gasteiger partial charge in [-0.15, -0.1) is 0 Å². The first-order valence-electron chi connectivity index (χ1n) is 15.7. The highest BCUT2D eigenvalue weighted by atomic mass is 19.1. The van der Waals surface area contributed by atoms with Crippen molar-refractivity contribution < 1.29 is 18.7 Å². The van der Waals surface area contributed by atoms with E-state index in [4.69, 9.17) is 4.74 Å². The van der Waals surface area contributed by atoms with Crippen LogP contribution in [-0.2, 0) is 9.53 Å². The third-order valence-electron chi connectivity index (χ3n) is 9.77. The van der Waals surface area contributed by atoms with Crippen molar-refractivity contribution in [3.8, 4) is 0 Å². The first-order chi connectivity index (χ1) is 21.5. The van der Waals surface area contributed by atoms with Gasteiger partial charge in [0, 0.05) is 42.1 Å². The molecular weight excluding hydrogens is 557 g/mol. The topological polar surface area (TPSA) is 99.4 Å². The van der Waals surface area contributed by atoms with E-state index in [1.807, 2.05) is 47.4 Å². The molecule has 7 rings (SSSR count). The van der Waals surface area contributed by atoms with E-state index in [0.717, 1.165) is 67.5 Å². The minimum Gasteiger partial charge on any atom is -0.382 e. The van der Waals surface area contributed by atoms with Gasteiger partial charge in [0.1, 0.15) is 5.82 Å². The smallest absolute Gasteiger partial charge is 0.257 e. The van der Waals surface area contributed by atoms with E-state index in [9.17, 15) is 9.59 Å². The molecule has 2 amide bonds. The number of H-pyrrole nitrogens is 1. The summed E-state index contributed by atoms with van der Waals surface area (Å²) in [7, 11) is 0. The van der Waals surface area contributed by atoms with E-state index in [2.05, 4.69) is 20.8 Å². The Bertz CT molecular complexity index is 1640. The van der Waals surface area contributed by atoms with Gasteiger partial charge in [0.05, 0.1) is 29.2 Å². The number of halogens is 1. The normalized spacial score (nSPS) is 23.8. The van der Waals surface area contributed by atoms with Gasteiger partial charge in [-0.05, 0) is 92.5 Å². The van der Waals surface area contributed by atoms with Crippen LogP contribution in [0.3, 0.4) is 0 Å². The molecule has 44 heavy (non-hydrogen) atoms. The molecule has 3 N–H and O–H groups in total. The van der Waals surface area contributed by atoms with Crippen molar-refractivity contribution >= 4 is 34.1 Å². The number of aromatic amines is 1. The molecule has 2 aliphatic heterocycles. The molecule has 9 heteroatoms. The fraction of sp³-hybridized carbons (Fsp3) is 0.400. The summed E-state index contributed by atoms with van der Waals surface area (Å²) in [6, 6.07) is 18.2. The summed E-state index contributed by atoms with van der Waals surface area (Å²) < 4.78 is 20.8. The number of carbonyl (C=O) groups is 2. The Morgan fingerprint density at radius 2 is 1.80 bits per heavy atom. The van der Waals surface area contributed by atoms with Crippen LogP contribution in [0.5, 0.6) is 0 Å². The molecule has 3 heterocycles. The van der Waals surface area contributed by atoms with Gasteiger partial charge < -0.3 is 20.3 Å². The van der Waals surface area contributed by atoms with Gasteiger partial charge in [-0.1, -0.05) is 30.7 Å². The number of anilines is 2.